The van der Waals surface area contributed by atoms with Gasteiger partial charge in [0.15, 0.2) is 17.1 Å². The molecule has 0 atom stereocenters. The summed E-state index contributed by atoms with van der Waals surface area (Å²) in [6.07, 6.45) is 0. The summed E-state index contributed by atoms with van der Waals surface area (Å²) in [6.45, 7) is 8.24. The maximum atomic E-state index is 12.8. The molecular formula is C28H38N6O3S+2. The van der Waals surface area contributed by atoms with Crippen molar-refractivity contribution in [1.82, 2.24) is 0 Å². The number of azo groups is 1. The highest BCUT2D eigenvalue weighted by atomic mass is 32.1. The van der Waals surface area contributed by atoms with E-state index in [1.807, 2.05) is 81.3 Å². The molecule has 0 unspecified atom stereocenters. The first-order chi connectivity index (χ1) is 18.1. The van der Waals surface area contributed by atoms with Gasteiger partial charge in [-0.1, -0.05) is 30.3 Å². The quantitative estimate of drug-likeness (QED) is 0.155. The average Bonchev–Trinajstić information content (AvgIpc) is 3.20. The topological polar surface area (TPSA) is 87.2 Å². The third kappa shape index (κ3) is 7.23. The number of benzene rings is 2. The van der Waals surface area contributed by atoms with Crippen molar-refractivity contribution in [3.05, 3.63) is 53.4 Å². The Kier molecular flexibility index (Phi) is 9.71. The molecule has 0 aliphatic heterocycles. The standard InChI is InChI=1S/C28H37N6O3S/c1-8-33(9-2)21-16-17-22(23(18-21)29-24(35)19-34(5,6)7)30-31-28-32(4)25(20-14-12-11-13-15-20)26(38-28)27(36)37-10-3/h11-18H,8-10,19H2,1-7H3/q+1/p+1. The Morgan fingerprint density at radius 3 is 2.32 bits per heavy atom. The highest BCUT2D eigenvalue weighted by Crippen LogP contribution is 2.35. The summed E-state index contributed by atoms with van der Waals surface area (Å²) in [5.74, 6) is -0.506. The van der Waals surface area contributed by atoms with E-state index in [0.717, 1.165) is 30.0 Å². The van der Waals surface area contributed by atoms with Crippen LogP contribution in [0.15, 0.2) is 58.8 Å². The van der Waals surface area contributed by atoms with Gasteiger partial charge in [-0.3, -0.25) is 4.79 Å². The van der Waals surface area contributed by atoms with Crippen molar-refractivity contribution in [3.63, 3.8) is 0 Å². The molecule has 0 radical (unpaired) electrons. The number of ether oxygens (including phenoxy) is 1. The van der Waals surface area contributed by atoms with E-state index in [-0.39, 0.29) is 12.5 Å². The van der Waals surface area contributed by atoms with Gasteiger partial charge in [0.1, 0.15) is 5.69 Å². The first kappa shape index (κ1) is 28.9. The average molecular weight is 539 g/mol. The molecule has 1 amide bonds. The molecular weight excluding hydrogens is 500 g/mol. The molecule has 0 aliphatic rings. The highest BCUT2D eigenvalue weighted by Gasteiger charge is 2.29. The Labute approximate surface area is 229 Å². The molecule has 1 aromatic heterocycles. The molecule has 0 aliphatic carbocycles. The van der Waals surface area contributed by atoms with Gasteiger partial charge in [-0.25, -0.2) is 9.36 Å². The third-order valence-electron chi connectivity index (χ3n) is 5.78. The number of carbonyl (C=O) groups is 2. The Balaban J connectivity index is 2.04. The van der Waals surface area contributed by atoms with Crippen molar-refractivity contribution in [2.45, 2.75) is 20.8 Å². The second-order valence-electron chi connectivity index (χ2n) is 9.78. The molecule has 0 saturated carbocycles. The van der Waals surface area contributed by atoms with Crippen LogP contribution in [0.5, 0.6) is 0 Å². The van der Waals surface area contributed by atoms with Gasteiger partial charge in [0.2, 0.25) is 0 Å². The lowest BCUT2D eigenvalue weighted by Crippen LogP contribution is -2.41. The Morgan fingerprint density at radius 2 is 1.71 bits per heavy atom. The Hall–Kier alpha value is -3.63. The smallest absolute Gasteiger partial charge is 0.409 e. The lowest BCUT2D eigenvalue weighted by molar-refractivity contribution is -0.861. The molecule has 3 aromatic rings. The fourth-order valence-electron chi connectivity index (χ4n) is 4.01. The van der Waals surface area contributed by atoms with Crippen LogP contribution < -0.4 is 14.8 Å². The first-order valence-electron chi connectivity index (χ1n) is 12.7. The second-order valence-corrected chi connectivity index (χ2v) is 10.8. The monoisotopic (exact) mass is 538 g/mol. The summed E-state index contributed by atoms with van der Waals surface area (Å²) in [5.41, 5.74) is 3.71. The number of esters is 1. The van der Waals surface area contributed by atoms with E-state index >= 15 is 0 Å². The van der Waals surface area contributed by atoms with E-state index in [1.54, 1.807) is 6.92 Å². The molecule has 0 fully saturated rings. The van der Waals surface area contributed by atoms with Gasteiger partial charge in [-0.2, -0.15) is 0 Å². The Morgan fingerprint density at radius 1 is 1.03 bits per heavy atom. The van der Waals surface area contributed by atoms with Crippen molar-refractivity contribution >= 4 is 45.4 Å². The van der Waals surface area contributed by atoms with Gasteiger partial charge in [0.05, 0.1) is 45.6 Å². The van der Waals surface area contributed by atoms with Crippen LogP contribution in [0, 0.1) is 0 Å². The minimum absolute atomic E-state index is 0.108. The van der Waals surface area contributed by atoms with Crippen molar-refractivity contribution in [2.24, 2.45) is 17.3 Å². The molecule has 0 bridgehead atoms. The normalized spacial score (nSPS) is 11.6. The van der Waals surface area contributed by atoms with E-state index in [4.69, 9.17) is 4.74 Å². The minimum atomic E-state index is -0.398. The number of hydrogen-bond donors (Lipinski definition) is 1. The summed E-state index contributed by atoms with van der Waals surface area (Å²) >= 11 is 1.22. The van der Waals surface area contributed by atoms with Crippen LogP contribution >= 0.6 is 11.3 Å². The van der Waals surface area contributed by atoms with E-state index in [2.05, 4.69) is 34.3 Å². The van der Waals surface area contributed by atoms with Crippen LogP contribution in [0.1, 0.15) is 30.4 Å². The van der Waals surface area contributed by atoms with Gasteiger partial charge in [-0.15, -0.1) is 0 Å². The van der Waals surface area contributed by atoms with Crippen molar-refractivity contribution in [3.8, 4) is 11.3 Å². The van der Waals surface area contributed by atoms with Gasteiger partial charge in [0.25, 0.3) is 5.91 Å². The first-order valence-corrected chi connectivity index (χ1v) is 13.6. The van der Waals surface area contributed by atoms with E-state index < -0.39 is 5.97 Å². The molecule has 0 saturated heterocycles. The van der Waals surface area contributed by atoms with E-state index in [9.17, 15) is 9.59 Å². The molecule has 10 heteroatoms. The molecule has 0 spiro atoms. The predicted molar refractivity (Wildman–Crippen MR) is 153 cm³/mol. The number of thiazole rings is 1. The number of hydrogen-bond acceptors (Lipinski definition) is 7. The predicted octanol–water partition coefficient (Wildman–Crippen LogP) is 5.32. The van der Waals surface area contributed by atoms with Crippen LogP contribution in [0.2, 0.25) is 0 Å². The fraction of sp³-hybridized carbons (Fsp3) is 0.393. The summed E-state index contributed by atoms with van der Waals surface area (Å²) in [5, 5.41) is 12.6. The lowest BCUT2D eigenvalue weighted by Gasteiger charge is -2.24. The molecule has 1 heterocycles. The molecule has 2 aromatic carbocycles. The van der Waals surface area contributed by atoms with Crippen LogP contribution in [0.25, 0.3) is 11.3 Å². The van der Waals surface area contributed by atoms with Crippen molar-refractivity contribution < 1.29 is 23.4 Å². The number of amides is 1. The third-order valence-corrected chi connectivity index (χ3v) is 6.89. The second kappa shape index (κ2) is 12.7. The zero-order valence-corrected chi connectivity index (χ0v) is 24.1. The van der Waals surface area contributed by atoms with Crippen LogP contribution in [-0.2, 0) is 16.6 Å². The van der Waals surface area contributed by atoms with Crippen molar-refractivity contribution in [1.29, 1.82) is 0 Å². The number of likely N-dealkylation sites (N-methyl/N-ethyl adjacent to an activating group) is 1. The molecule has 202 valence electrons. The van der Waals surface area contributed by atoms with E-state index in [0.29, 0.717) is 32.4 Å². The molecule has 38 heavy (non-hydrogen) atoms. The summed E-state index contributed by atoms with van der Waals surface area (Å²) in [4.78, 5) is 28.2. The maximum absolute atomic E-state index is 12.8. The number of aromatic nitrogens is 1. The number of quaternary nitrogens is 1. The highest BCUT2D eigenvalue weighted by molar-refractivity contribution is 7.17. The molecule has 3 rings (SSSR count). The van der Waals surface area contributed by atoms with Crippen LogP contribution in [-0.4, -0.2) is 63.7 Å². The number of nitrogens with one attached hydrogen (secondary N) is 1. The van der Waals surface area contributed by atoms with Gasteiger partial charge in [0, 0.05) is 24.3 Å². The molecule has 9 nitrogen and oxygen atoms in total. The molecule has 1 N–H and O–H groups in total. The Bertz CT molecular complexity index is 1290. The van der Waals surface area contributed by atoms with E-state index in [1.165, 1.54) is 11.3 Å². The van der Waals surface area contributed by atoms with Gasteiger partial charge >= 0.3 is 11.1 Å². The van der Waals surface area contributed by atoms with Gasteiger partial charge in [-0.05, 0) is 55.4 Å². The summed E-state index contributed by atoms with van der Waals surface area (Å²) in [6, 6.07) is 15.4. The minimum Gasteiger partial charge on any atom is -0.462 e. The zero-order valence-electron chi connectivity index (χ0n) is 23.3. The fourth-order valence-corrected chi connectivity index (χ4v) is 5.00. The summed E-state index contributed by atoms with van der Waals surface area (Å²) < 4.78 is 7.66. The number of nitrogens with zero attached hydrogens (tertiary/aromatic N) is 5. The van der Waals surface area contributed by atoms with Gasteiger partial charge < -0.3 is 19.4 Å². The number of anilines is 2. The maximum Gasteiger partial charge on any atom is 0.409 e. The number of carbonyl (C=O) groups excluding carboxylic acids is 2. The summed E-state index contributed by atoms with van der Waals surface area (Å²) in [7, 11) is 7.75. The number of rotatable bonds is 11. The van der Waals surface area contributed by atoms with Crippen LogP contribution in [0.4, 0.5) is 22.2 Å². The largest absolute Gasteiger partial charge is 0.462 e. The SMILES string of the molecule is CCOC(=O)c1sc(/N=N/c2ccc(N(CC)CC)cc2NC(=O)C[N+](C)(C)C)[n+](C)c1-c1ccccc1. The lowest BCUT2D eigenvalue weighted by atomic mass is 10.1. The zero-order chi connectivity index (χ0) is 27.9. The van der Waals surface area contributed by atoms with Crippen LogP contribution in [0.3, 0.4) is 0 Å². The van der Waals surface area contributed by atoms with Crippen molar-refractivity contribution in [2.75, 3.05) is 57.6 Å².